The average Bonchev–Trinajstić information content (AvgIpc) is 2.41. The maximum atomic E-state index is 5.95. The van der Waals surface area contributed by atoms with Crippen molar-refractivity contribution in [1.29, 1.82) is 0 Å². The Morgan fingerprint density at radius 2 is 2.07 bits per heavy atom. The highest BCUT2D eigenvalue weighted by Gasteiger charge is 2.46. The van der Waals surface area contributed by atoms with E-state index in [0.717, 1.165) is 25.8 Å². The predicted molar refractivity (Wildman–Crippen MR) is 60.3 cm³/mol. The van der Waals surface area contributed by atoms with Crippen LogP contribution in [0.5, 0.6) is 0 Å². The summed E-state index contributed by atoms with van der Waals surface area (Å²) in [6, 6.07) is -0.0947. The maximum absolute atomic E-state index is 5.95. The topological polar surface area (TPSA) is 35.2 Å². The molecule has 0 amide bonds. The van der Waals surface area contributed by atoms with E-state index in [4.69, 9.17) is 18.3 Å². The molecule has 1 aliphatic heterocycles. The first kappa shape index (κ1) is 12.1. The first-order chi connectivity index (χ1) is 6.57. The van der Waals surface area contributed by atoms with Gasteiger partial charge in [-0.15, -0.1) is 0 Å². The van der Waals surface area contributed by atoms with Crippen molar-refractivity contribution in [2.45, 2.75) is 51.6 Å². The van der Waals surface area contributed by atoms with Crippen molar-refractivity contribution in [1.82, 2.24) is 0 Å². The fraction of sp³-hybridized carbons (Fsp3) is 1.00. The predicted octanol–water partition coefficient (Wildman–Crippen LogP) is 1.67. The molecule has 0 aromatic rings. The quantitative estimate of drug-likeness (QED) is 0.692. The van der Waals surface area contributed by atoms with Gasteiger partial charge in [0.1, 0.15) is 7.85 Å². The van der Waals surface area contributed by atoms with Crippen molar-refractivity contribution in [2.24, 2.45) is 17.6 Å². The van der Waals surface area contributed by atoms with Gasteiger partial charge in [0.05, 0.1) is 5.60 Å². The summed E-state index contributed by atoms with van der Waals surface area (Å²) >= 11 is 0. The lowest BCUT2D eigenvalue weighted by atomic mass is 9.75. The van der Waals surface area contributed by atoms with Crippen LogP contribution in [0.1, 0.15) is 40.0 Å². The van der Waals surface area contributed by atoms with Crippen LogP contribution in [0.25, 0.3) is 0 Å². The van der Waals surface area contributed by atoms with E-state index in [0.29, 0.717) is 11.8 Å². The van der Waals surface area contributed by atoms with Gasteiger partial charge in [0.2, 0.25) is 0 Å². The van der Waals surface area contributed by atoms with Crippen LogP contribution < -0.4 is 5.73 Å². The van der Waals surface area contributed by atoms with Gasteiger partial charge in [0.25, 0.3) is 0 Å². The van der Waals surface area contributed by atoms with Crippen molar-refractivity contribution in [3.63, 3.8) is 0 Å². The largest absolute Gasteiger partial charge is 0.381 e. The van der Waals surface area contributed by atoms with Gasteiger partial charge in [-0.25, -0.2) is 0 Å². The number of ether oxygens (including phenoxy) is 1. The van der Waals surface area contributed by atoms with Gasteiger partial charge in [0.15, 0.2) is 0 Å². The number of hydrogen-bond donors (Lipinski definition) is 1. The van der Waals surface area contributed by atoms with Gasteiger partial charge in [0, 0.05) is 6.00 Å². The molecular weight excluding hydrogens is 173 g/mol. The van der Waals surface area contributed by atoms with E-state index >= 15 is 0 Å². The Morgan fingerprint density at radius 3 is 2.43 bits per heavy atom. The van der Waals surface area contributed by atoms with Gasteiger partial charge in [-0.2, -0.15) is 0 Å². The molecule has 1 saturated heterocycles. The third-order valence-corrected chi connectivity index (χ3v) is 3.91. The minimum absolute atomic E-state index is 0.0157. The molecule has 0 aliphatic carbocycles. The second kappa shape index (κ2) is 4.67. The summed E-state index contributed by atoms with van der Waals surface area (Å²) in [6.45, 7) is 7.34. The van der Waals surface area contributed by atoms with E-state index in [1.165, 1.54) is 0 Å². The fourth-order valence-electron chi connectivity index (χ4n) is 2.52. The van der Waals surface area contributed by atoms with E-state index in [1.807, 2.05) is 0 Å². The van der Waals surface area contributed by atoms with Crippen molar-refractivity contribution in [2.75, 3.05) is 6.54 Å². The average molecular weight is 195 g/mol. The summed E-state index contributed by atoms with van der Waals surface area (Å²) < 4.78 is 5.95. The first-order valence-electron chi connectivity index (χ1n) is 5.71. The number of hydrogen-bond acceptors (Lipinski definition) is 2. The lowest BCUT2D eigenvalue weighted by molar-refractivity contribution is -0.0415. The van der Waals surface area contributed by atoms with Gasteiger partial charge in [-0.1, -0.05) is 20.8 Å². The van der Waals surface area contributed by atoms with Crippen molar-refractivity contribution in [3.8, 4) is 0 Å². The van der Waals surface area contributed by atoms with Crippen molar-refractivity contribution >= 4 is 7.85 Å². The molecule has 1 heterocycles. The molecule has 2 N–H and O–H groups in total. The lowest BCUT2D eigenvalue weighted by Gasteiger charge is -2.33. The van der Waals surface area contributed by atoms with Crippen molar-refractivity contribution in [3.05, 3.63) is 0 Å². The molecule has 1 unspecified atom stereocenters. The Bertz CT molecular complexity index is 188. The monoisotopic (exact) mass is 195 g/mol. The smallest absolute Gasteiger partial charge is 0.109 e. The van der Waals surface area contributed by atoms with E-state index in [1.54, 1.807) is 0 Å². The molecule has 0 saturated carbocycles. The van der Waals surface area contributed by atoms with Crippen LogP contribution in [0.15, 0.2) is 0 Å². The van der Waals surface area contributed by atoms with Gasteiger partial charge < -0.3 is 10.5 Å². The highest BCUT2D eigenvalue weighted by molar-refractivity contribution is 6.11. The Labute approximate surface area is 89.0 Å². The van der Waals surface area contributed by atoms with Crippen LogP contribution in [-0.2, 0) is 4.74 Å². The molecule has 0 spiro atoms. The maximum Gasteiger partial charge on any atom is 0.109 e. The van der Waals surface area contributed by atoms with Gasteiger partial charge >= 0.3 is 0 Å². The minimum Gasteiger partial charge on any atom is -0.381 e. The molecule has 2 nitrogen and oxygen atoms in total. The molecule has 2 radical (unpaired) electrons. The Hall–Kier alpha value is -0.0151. The number of nitrogens with two attached hydrogens (primary N) is 1. The third-order valence-electron chi connectivity index (χ3n) is 3.91. The fourth-order valence-corrected chi connectivity index (χ4v) is 2.52. The van der Waals surface area contributed by atoms with Gasteiger partial charge in [-0.05, 0) is 37.6 Å². The molecule has 0 aromatic carbocycles. The molecule has 0 aromatic heterocycles. The molecule has 1 rings (SSSR count). The van der Waals surface area contributed by atoms with Crippen LogP contribution in [0.4, 0.5) is 0 Å². The molecule has 1 fully saturated rings. The summed E-state index contributed by atoms with van der Waals surface area (Å²) in [5, 5.41) is 0. The Morgan fingerprint density at radius 1 is 1.43 bits per heavy atom. The first-order valence-corrected chi connectivity index (χ1v) is 5.71. The summed E-state index contributed by atoms with van der Waals surface area (Å²) in [5.74, 6) is 0.988. The zero-order chi connectivity index (χ0) is 10.8. The van der Waals surface area contributed by atoms with E-state index in [2.05, 4.69) is 20.8 Å². The molecule has 80 valence electrons. The molecular formula is C11H22BNO. The van der Waals surface area contributed by atoms with E-state index < -0.39 is 0 Å². The Kier molecular flexibility index (Phi) is 4.02. The molecule has 3 heteroatoms. The van der Waals surface area contributed by atoms with Crippen LogP contribution in [-0.4, -0.2) is 26.0 Å². The van der Waals surface area contributed by atoms with Crippen LogP contribution in [0, 0.1) is 11.8 Å². The second-order valence-electron chi connectivity index (χ2n) is 4.54. The second-order valence-corrected chi connectivity index (χ2v) is 4.54. The zero-order valence-corrected chi connectivity index (χ0v) is 9.62. The van der Waals surface area contributed by atoms with Crippen molar-refractivity contribution < 1.29 is 4.74 Å². The highest BCUT2D eigenvalue weighted by atomic mass is 16.5. The standard InChI is InChI=1S/C11H22BNO/c1-4-11(6-5-7-13)9(3)8(2)10(12)14-11/h8-10H,4-7,13H2,1-3H3/t8?,9-,10-,11+/m1/s1. The summed E-state index contributed by atoms with van der Waals surface area (Å²) in [5.41, 5.74) is 5.53. The van der Waals surface area contributed by atoms with Crippen LogP contribution >= 0.6 is 0 Å². The molecule has 1 aliphatic rings. The lowest BCUT2D eigenvalue weighted by Crippen LogP contribution is -2.35. The summed E-state index contributed by atoms with van der Waals surface area (Å²) in [7, 11) is 5.94. The molecule has 0 bridgehead atoms. The SMILES string of the molecule is [B][C@@H]1O[C@@](CC)(CCCN)[C@H](C)C1C. The molecule has 4 atom stereocenters. The highest BCUT2D eigenvalue weighted by Crippen LogP contribution is 2.44. The summed E-state index contributed by atoms with van der Waals surface area (Å²) in [6.07, 6.45) is 3.10. The van der Waals surface area contributed by atoms with Crippen LogP contribution in [0.3, 0.4) is 0 Å². The van der Waals surface area contributed by atoms with E-state index in [9.17, 15) is 0 Å². The molecule has 14 heavy (non-hydrogen) atoms. The number of rotatable bonds is 4. The normalized spacial score (nSPS) is 43.0. The minimum atomic E-state index is -0.0947. The summed E-state index contributed by atoms with van der Waals surface area (Å²) in [4.78, 5) is 0. The third kappa shape index (κ3) is 1.99. The van der Waals surface area contributed by atoms with E-state index in [-0.39, 0.29) is 11.6 Å². The zero-order valence-electron chi connectivity index (χ0n) is 9.62. The van der Waals surface area contributed by atoms with Crippen LogP contribution in [0.2, 0.25) is 0 Å². The Balaban J connectivity index is 2.69. The van der Waals surface area contributed by atoms with Gasteiger partial charge in [-0.3, -0.25) is 0 Å².